The molecule has 1 nitrogen and oxygen atoms in total. The highest BCUT2D eigenvalue weighted by atomic mass is 14.9. The van der Waals surface area contributed by atoms with Crippen LogP contribution in [0.1, 0.15) is 51.2 Å². The number of aromatic nitrogens is 1. The molecule has 0 unspecified atom stereocenters. The fourth-order valence-corrected chi connectivity index (χ4v) is 2.47. The van der Waals surface area contributed by atoms with Gasteiger partial charge in [-0.25, -0.2) is 4.57 Å². The summed E-state index contributed by atoms with van der Waals surface area (Å²) in [6, 6.07) is 6.70. The summed E-state index contributed by atoms with van der Waals surface area (Å²) in [5, 5.41) is 0. The maximum Gasteiger partial charge on any atom is 0.212 e. The fourth-order valence-electron chi connectivity index (χ4n) is 2.47. The molecular formula is C19H26N+. The van der Waals surface area contributed by atoms with Gasteiger partial charge in [0.05, 0.1) is 0 Å². The molecule has 0 aliphatic rings. The second-order valence-electron chi connectivity index (χ2n) is 6.38. The predicted octanol–water partition coefficient (Wildman–Crippen LogP) is 4.40. The summed E-state index contributed by atoms with van der Waals surface area (Å²) in [4.78, 5) is 0. The van der Waals surface area contributed by atoms with E-state index in [1.807, 2.05) is 45.5 Å². The first-order chi connectivity index (χ1) is 11.6. The Bertz CT molecular complexity index is 826. The van der Waals surface area contributed by atoms with E-state index in [4.69, 9.17) is 8.22 Å². The van der Waals surface area contributed by atoms with Crippen LogP contribution < -0.4 is 4.57 Å². The Balaban J connectivity index is 2.72. The van der Waals surface area contributed by atoms with Gasteiger partial charge >= 0.3 is 0 Å². The molecule has 0 amide bonds. The number of pyridine rings is 1. The van der Waals surface area contributed by atoms with Gasteiger partial charge in [0.2, 0.25) is 5.69 Å². The minimum Gasteiger partial charge on any atom is -0.201 e. The van der Waals surface area contributed by atoms with Crippen molar-refractivity contribution in [3.8, 4) is 11.3 Å². The lowest BCUT2D eigenvalue weighted by Gasteiger charge is -2.20. The molecule has 2 rings (SSSR count). The third-order valence-corrected chi connectivity index (χ3v) is 3.58. The number of benzene rings is 1. The van der Waals surface area contributed by atoms with E-state index in [1.54, 1.807) is 24.3 Å². The van der Waals surface area contributed by atoms with E-state index in [9.17, 15) is 0 Å². The minimum absolute atomic E-state index is 0.281. The van der Waals surface area contributed by atoms with Crippen LogP contribution in [-0.2, 0) is 12.5 Å². The number of hydrogen-bond donors (Lipinski definition) is 0. The van der Waals surface area contributed by atoms with Gasteiger partial charge in [0.25, 0.3) is 0 Å². The van der Waals surface area contributed by atoms with Crippen LogP contribution in [0.2, 0.25) is 0 Å². The van der Waals surface area contributed by atoms with E-state index < -0.39 is 13.7 Å². The third kappa shape index (κ3) is 2.77. The zero-order chi connectivity index (χ0) is 20.1. The van der Waals surface area contributed by atoms with Gasteiger partial charge in [-0.15, -0.1) is 0 Å². The Labute approximate surface area is 131 Å². The maximum absolute atomic E-state index is 7.94. The van der Waals surface area contributed by atoms with Crippen LogP contribution in [-0.4, -0.2) is 0 Å². The first-order valence-corrected chi connectivity index (χ1v) is 6.78. The monoisotopic (exact) mass is 274 g/mol. The van der Waals surface area contributed by atoms with Crippen LogP contribution in [0.25, 0.3) is 11.3 Å². The number of rotatable bonds is 1. The molecule has 0 saturated heterocycles. The van der Waals surface area contributed by atoms with E-state index >= 15 is 0 Å². The van der Waals surface area contributed by atoms with Crippen LogP contribution in [0.4, 0.5) is 0 Å². The topological polar surface area (TPSA) is 3.88 Å². The second-order valence-corrected chi connectivity index (χ2v) is 6.38. The number of aryl methyl sites for hydroxylation is 4. The van der Waals surface area contributed by atoms with Crippen LogP contribution in [0.3, 0.4) is 0 Å². The Kier molecular flexibility index (Phi) is 2.17. The first kappa shape index (κ1) is 8.61. The average molecular weight is 274 g/mol. The quantitative estimate of drug-likeness (QED) is 0.679. The molecule has 0 fully saturated rings. The Morgan fingerprint density at radius 2 is 1.80 bits per heavy atom. The lowest BCUT2D eigenvalue weighted by molar-refractivity contribution is -0.661. The zero-order valence-electron chi connectivity index (χ0n) is 18.8. The minimum atomic E-state index is -2.22. The predicted molar refractivity (Wildman–Crippen MR) is 86.0 cm³/mol. The molecule has 0 bridgehead atoms. The molecule has 1 heterocycles. The van der Waals surface area contributed by atoms with Crippen LogP contribution in [0.15, 0.2) is 30.5 Å². The normalized spacial score (nSPS) is 17.4. The summed E-state index contributed by atoms with van der Waals surface area (Å²) >= 11 is 0. The smallest absolute Gasteiger partial charge is 0.201 e. The second kappa shape index (κ2) is 5.05. The highest BCUT2D eigenvalue weighted by molar-refractivity contribution is 5.62. The average Bonchev–Trinajstić information content (AvgIpc) is 2.44. The summed E-state index contributed by atoms with van der Waals surface area (Å²) < 4.78 is 48.4. The molecular weight excluding hydrogens is 242 g/mol. The summed E-state index contributed by atoms with van der Waals surface area (Å²) in [6.45, 7) is 3.44. The molecule has 106 valence electrons. The van der Waals surface area contributed by atoms with Gasteiger partial charge in [0, 0.05) is 25.4 Å². The Morgan fingerprint density at radius 1 is 1.05 bits per heavy atom. The summed E-state index contributed by atoms with van der Waals surface area (Å²) in [5.74, 6) is 0. The molecule has 0 aliphatic heterocycles. The third-order valence-electron chi connectivity index (χ3n) is 3.58. The van der Waals surface area contributed by atoms with E-state index in [-0.39, 0.29) is 11.0 Å². The largest absolute Gasteiger partial charge is 0.212 e. The van der Waals surface area contributed by atoms with E-state index in [0.29, 0.717) is 5.56 Å². The van der Waals surface area contributed by atoms with Gasteiger partial charge in [-0.2, -0.15) is 0 Å². The van der Waals surface area contributed by atoms with Gasteiger partial charge in [0.1, 0.15) is 7.05 Å². The lowest BCUT2D eigenvalue weighted by Crippen LogP contribution is -2.34. The molecule has 0 atom stereocenters. The maximum atomic E-state index is 7.94. The number of nitrogens with zero attached hydrogens (tertiary/aromatic N) is 1. The van der Waals surface area contributed by atoms with Crippen LogP contribution in [0.5, 0.6) is 0 Å². The van der Waals surface area contributed by atoms with Crippen molar-refractivity contribution in [1.29, 1.82) is 0 Å². The Hall–Kier alpha value is -1.63. The molecule has 0 aliphatic carbocycles. The molecule has 0 spiro atoms. The lowest BCUT2D eigenvalue weighted by atomic mass is 9.84. The van der Waals surface area contributed by atoms with E-state index in [2.05, 4.69) is 0 Å². The number of hydrogen-bond acceptors (Lipinski definition) is 0. The first-order valence-electron chi connectivity index (χ1n) is 9.78. The van der Waals surface area contributed by atoms with Crippen molar-refractivity contribution < 1.29 is 12.8 Å². The van der Waals surface area contributed by atoms with Crippen molar-refractivity contribution in [1.82, 2.24) is 0 Å². The van der Waals surface area contributed by atoms with Crippen LogP contribution >= 0.6 is 0 Å². The van der Waals surface area contributed by atoms with Gasteiger partial charge in [-0.05, 0) is 43.2 Å². The van der Waals surface area contributed by atoms with Gasteiger partial charge < -0.3 is 0 Å². The van der Waals surface area contributed by atoms with Crippen molar-refractivity contribution in [3.05, 3.63) is 52.7 Å². The molecule has 0 N–H and O–H groups in total. The molecule has 1 heteroatoms. The summed E-state index contributed by atoms with van der Waals surface area (Å²) in [5.41, 5.74) is 3.46. The summed E-state index contributed by atoms with van der Waals surface area (Å²) in [6.07, 6.45) is 1.87. The highest BCUT2D eigenvalue weighted by Crippen LogP contribution is 2.28. The van der Waals surface area contributed by atoms with Gasteiger partial charge in [0.15, 0.2) is 6.20 Å². The Morgan fingerprint density at radius 3 is 2.35 bits per heavy atom. The molecule has 0 radical (unpaired) electrons. The molecule has 20 heavy (non-hydrogen) atoms. The SMILES string of the molecule is [2H]C([2H])([2H])c1ccc(-c2cc(C([2H])([2H])[2H])c(C(C)(C)C)c[n+]2C)c(C)c1. The van der Waals surface area contributed by atoms with Crippen molar-refractivity contribution in [2.24, 2.45) is 7.05 Å². The van der Waals surface area contributed by atoms with Gasteiger partial charge in [-0.3, -0.25) is 0 Å². The van der Waals surface area contributed by atoms with Gasteiger partial charge in [-0.1, -0.05) is 38.5 Å². The zero-order valence-corrected chi connectivity index (χ0v) is 12.8. The molecule has 1 aromatic heterocycles. The van der Waals surface area contributed by atoms with E-state index in [1.165, 1.54) is 0 Å². The molecule has 2 aromatic rings. The van der Waals surface area contributed by atoms with Crippen LogP contribution in [0, 0.1) is 20.6 Å². The fraction of sp³-hybridized carbons (Fsp3) is 0.421. The molecule has 0 saturated carbocycles. The standard InChI is InChI=1S/C19H26N/c1-13-8-9-16(14(2)10-13)18-11-15(3)17(12-20(18)7)19(4,5)6/h8-12H,1-7H3/q+1/i1D3,3D3. The van der Waals surface area contributed by atoms with Crippen molar-refractivity contribution in [2.75, 3.05) is 0 Å². The van der Waals surface area contributed by atoms with Crippen molar-refractivity contribution in [3.63, 3.8) is 0 Å². The van der Waals surface area contributed by atoms with Crippen molar-refractivity contribution in [2.45, 2.75) is 46.8 Å². The molecule has 1 aromatic carbocycles. The van der Waals surface area contributed by atoms with E-state index in [0.717, 1.165) is 22.4 Å². The highest BCUT2D eigenvalue weighted by Gasteiger charge is 2.22. The summed E-state index contributed by atoms with van der Waals surface area (Å²) in [7, 11) is 1.88. The van der Waals surface area contributed by atoms with Crippen molar-refractivity contribution >= 4 is 0 Å².